The first-order valence-electron chi connectivity index (χ1n) is 6.13. The molecule has 1 saturated carbocycles. The number of rotatable bonds is 3. The van der Waals surface area contributed by atoms with Gasteiger partial charge in [0, 0.05) is 11.2 Å². The third kappa shape index (κ3) is 3.01. The predicted octanol–water partition coefficient (Wildman–Crippen LogP) is 4.18. The second kappa shape index (κ2) is 4.44. The molecule has 0 atom stereocenters. The lowest BCUT2D eigenvalue weighted by molar-refractivity contribution is -0.137. The van der Waals surface area contributed by atoms with Gasteiger partial charge in [0.25, 0.3) is 0 Å². The Balaban J connectivity index is 2.27. The van der Waals surface area contributed by atoms with Gasteiger partial charge in [-0.15, -0.1) is 0 Å². The summed E-state index contributed by atoms with van der Waals surface area (Å²) in [4.78, 5) is 0. The van der Waals surface area contributed by atoms with E-state index in [1.54, 1.807) is 6.07 Å². The van der Waals surface area contributed by atoms with E-state index in [4.69, 9.17) is 5.26 Å². The molecule has 1 fully saturated rings. The number of halogens is 3. The second-order valence-corrected chi connectivity index (χ2v) is 5.49. The SMILES string of the molecule is CC(C)(Nc1ccc(C(F)(F)F)c(C#N)c1)C1CC1. The zero-order chi connectivity index (χ0) is 14.3. The summed E-state index contributed by atoms with van der Waals surface area (Å²) in [5.41, 5.74) is -0.831. The molecule has 0 aromatic heterocycles. The average molecular weight is 268 g/mol. The van der Waals surface area contributed by atoms with Crippen LogP contribution in [0.5, 0.6) is 0 Å². The van der Waals surface area contributed by atoms with Crippen molar-refractivity contribution in [2.75, 3.05) is 5.32 Å². The van der Waals surface area contributed by atoms with Crippen LogP contribution >= 0.6 is 0 Å². The second-order valence-electron chi connectivity index (χ2n) is 5.49. The molecule has 0 amide bonds. The Kier molecular flexibility index (Phi) is 3.21. The van der Waals surface area contributed by atoms with Crippen LogP contribution < -0.4 is 5.32 Å². The quantitative estimate of drug-likeness (QED) is 0.892. The number of nitrogens with zero attached hydrogens (tertiary/aromatic N) is 1. The molecule has 1 aromatic rings. The predicted molar refractivity (Wildman–Crippen MR) is 66.6 cm³/mol. The molecule has 2 rings (SSSR count). The van der Waals surface area contributed by atoms with Gasteiger partial charge < -0.3 is 5.32 Å². The van der Waals surface area contributed by atoms with Crippen LogP contribution in [-0.2, 0) is 6.18 Å². The number of anilines is 1. The third-order valence-corrected chi connectivity index (χ3v) is 3.51. The van der Waals surface area contributed by atoms with Gasteiger partial charge in [0.05, 0.1) is 17.2 Å². The van der Waals surface area contributed by atoms with Crippen molar-refractivity contribution in [2.24, 2.45) is 5.92 Å². The fourth-order valence-corrected chi connectivity index (χ4v) is 2.24. The molecule has 19 heavy (non-hydrogen) atoms. The standard InChI is InChI=1S/C14H15F3N2/c1-13(2,10-3-4-10)19-11-5-6-12(14(15,16)17)9(7-11)8-18/h5-7,10,19H,3-4H2,1-2H3. The van der Waals surface area contributed by atoms with Gasteiger partial charge in [-0.2, -0.15) is 18.4 Å². The maximum atomic E-state index is 12.7. The zero-order valence-corrected chi connectivity index (χ0v) is 10.8. The smallest absolute Gasteiger partial charge is 0.380 e. The van der Waals surface area contributed by atoms with Crippen LogP contribution in [0.1, 0.15) is 37.8 Å². The summed E-state index contributed by atoms with van der Waals surface area (Å²) in [6.07, 6.45) is -2.23. The molecule has 0 saturated heterocycles. The van der Waals surface area contributed by atoms with E-state index in [1.807, 2.05) is 13.8 Å². The molecule has 1 aliphatic rings. The van der Waals surface area contributed by atoms with Gasteiger partial charge >= 0.3 is 6.18 Å². The van der Waals surface area contributed by atoms with Crippen molar-refractivity contribution in [3.05, 3.63) is 29.3 Å². The maximum Gasteiger partial charge on any atom is 0.417 e. The molecule has 0 radical (unpaired) electrons. The Morgan fingerprint density at radius 1 is 1.26 bits per heavy atom. The molecule has 1 aliphatic carbocycles. The largest absolute Gasteiger partial charge is 0.417 e. The van der Waals surface area contributed by atoms with Crippen LogP contribution in [0.4, 0.5) is 18.9 Å². The fourth-order valence-electron chi connectivity index (χ4n) is 2.24. The van der Waals surface area contributed by atoms with E-state index in [-0.39, 0.29) is 11.1 Å². The monoisotopic (exact) mass is 268 g/mol. The van der Waals surface area contributed by atoms with E-state index in [9.17, 15) is 13.2 Å². The van der Waals surface area contributed by atoms with E-state index in [1.165, 1.54) is 12.1 Å². The number of alkyl halides is 3. The number of nitriles is 1. The van der Waals surface area contributed by atoms with Gasteiger partial charge in [-0.1, -0.05) is 0 Å². The first-order chi connectivity index (χ1) is 8.74. The van der Waals surface area contributed by atoms with Crippen molar-refractivity contribution in [1.82, 2.24) is 0 Å². The molecule has 2 nitrogen and oxygen atoms in total. The summed E-state index contributed by atoms with van der Waals surface area (Å²) >= 11 is 0. The lowest BCUT2D eigenvalue weighted by Crippen LogP contribution is -2.33. The first-order valence-corrected chi connectivity index (χ1v) is 6.13. The summed E-state index contributed by atoms with van der Waals surface area (Å²) < 4.78 is 38.0. The summed E-state index contributed by atoms with van der Waals surface area (Å²) in [5.74, 6) is 0.542. The van der Waals surface area contributed by atoms with Gasteiger partial charge in [-0.05, 0) is 50.8 Å². The van der Waals surface area contributed by atoms with E-state index < -0.39 is 11.7 Å². The van der Waals surface area contributed by atoms with E-state index in [2.05, 4.69) is 5.32 Å². The fraction of sp³-hybridized carbons (Fsp3) is 0.500. The highest BCUT2D eigenvalue weighted by Crippen LogP contribution is 2.41. The zero-order valence-electron chi connectivity index (χ0n) is 10.8. The van der Waals surface area contributed by atoms with Crippen molar-refractivity contribution in [1.29, 1.82) is 5.26 Å². The minimum absolute atomic E-state index is 0.160. The lowest BCUT2D eigenvalue weighted by atomic mass is 9.97. The number of hydrogen-bond donors (Lipinski definition) is 1. The Hall–Kier alpha value is -1.70. The molecule has 1 aromatic carbocycles. The van der Waals surface area contributed by atoms with Crippen LogP contribution in [0, 0.1) is 17.2 Å². The molecule has 0 heterocycles. The number of nitrogens with one attached hydrogen (secondary N) is 1. The van der Waals surface area contributed by atoms with Crippen molar-refractivity contribution >= 4 is 5.69 Å². The minimum Gasteiger partial charge on any atom is -0.380 e. The maximum absolute atomic E-state index is 12.7. The highest BCUT2D eigenvalue weighted by molar-refractivity contribution is 5.55. The first kappa shape index (κ1) is 13.7. The summed E-state index contributed by atoms with van der Waals surface area (Å²) in [6.45, 7) is 4.04. The average Bonchev–Trinajstić information content (AvgIpc) is 3.10. The van der Waals surface area contributed by atoms with Gasteiger partial charge in [-0.3, -0.25) is 0 Å². The van der Waals surface area contributed by atoms with Crippen LogP contribution in [0.3, 0.4) is 0 Å². The van der Waals surface area contributed by atoms with Crippen molar-refractivity contribution in [3.8, 4) is 6.07 Å². The summed E-state index contributed by atoms with van der Waals surface area (Å²) in [7, 11) is 0. The number of hydrogen-bond acceptors (Lipinski definition) is 2. The Morgan fingerprint density at radius 2 is 1.89 bits per heavy atom. The van der Waals surface area contributed by atoms with Gasteiger partial charge in [-0.25, -0.2) is 0 Å². The normalized spacial score (nSPS) is 16.0. The van der Waals surface area contributed by atoms with Gasteiger partial charge in [0.2, 0.25) is 0 Å². The molecular weight excluding hydrogens is 253 g/mol. The molecule has 0 spiro atoms. The lowest BCUT2D eigenvalue weighted by Gasteiger charge is -2.28. The van der Waals surface area contributed by atoms with Crippen molar-refractivity contribution in [3.63, 3.8) is 0 Å². The van der Waals surface area contributed by atoms with Crippen molar-refractivity contribution in [2.45, 2.75) is 38.4 Å². The van der Waals surface area contributed by atoms with Gasteiger partial charge in [0.1, 0.15) is 0 Å². The van der Waals surface area contributed by atoms with E-state index >= 15 is 0 Å². The topological polar surface area (TPSA) is 35.8 Å². The summed E-state index contributed by atoms with van der Waals surface area (Å²) in [5, 5.41) is 12.1. The molecule has 102 valence electrons. The highest BCUT2D eigenvalue weighted by Gasteiger charge is 2.38. The Labute approximate surface area is 110 Å². The third-order valence-electron chi connectivity index (χ3n) is 3.51. The number of benzene rings is 1. The molecule has 0 unspecified atom stereocenters. The Bertz CT molecular complexity index is 522. The van der Waals surface area contributed by atoms with Crippen LogP contribution in [0.25, 0.3) is 0 Å². The van der Waals surface area contributed by atoms with Crippen LogP contribution in [0.2, 0.25) is 0 Å². The molecular formula is C14H15F3N2. The van der Waals surface area contributed by atoms with Crippen LogP contribution in [-0.4, -0.2) is 5.54 Å². The molecule has 0 bridgehead atoms. The van der Waals surface area contributed by atoms with E-state index in [0.717, 1.165) is 18.9 Å². The highest BCUT2D eigenvalue weighted by atomic mass is 19.4. The van der Waals surface area contributed by atoms with Crippen LogP contribution in [0.15, 0.2) is 18.2 Å². The minimum atomic E-state index is -4.49. The molecule has 1 N–H and O–H groups in total. The molecule has 0 aliphatic heterocycles. The Morgan fingerprint density at radius 3 is 2.37 bits per heavy atom. The summed E-state index contributed by atoms with van der Waals surface area (Å²) in [6, 6.07) is 5.23. The van der Waals surface area contributed by atoms with Gasteiger partial charge in [0.15, 0.2) is 0 Å². The van der Waals surface area contributed by atoms with E-state index in [0.29, 0.717) is 11.6 Å². The van der Waals surface area contributed by atoms with Crippen molar-refractivity contribution < 1.29 is 13.2 Å². The molecule has 5 heteroatoms.